The van der Waals surface area contributed by atoms with Crippen LogP contribution in [-0.2, 0) is 9.47 Å². The third-order valence-electron chi connectivity index (χ3n) is 9.88. The lowest BCUT2D eigenvalue weighted by Crippen LogP contribution is -2.33. The van der Waals surface area contributed by atoms with Crippen LogP contribution in [0.5, 0.6) is 0 Å². The monoisotopic (exact) mass is 691 g/mol. The summed E-state index contributed by atoms with van der Waals surface area (Å²) in [6, 6.07) is 11.8. The number of anilines is 1. The molecule has 7 nitrogen and oxygen atoms in total. The highest BCUT2D eigenvalue weighted by atomic mass is 28.3. The van der Waals surface area contributed by atoms with Gasteiger partial charge in [-0.05, 0) is 61.4 Å². The molecule has 3 aromatic heterocycles. The van der Waals surface area contributed by atoms with Crippen LogP contribution in [0.4, 0.5) is 14.6 Å². The Morgan fingerprint density at radius 2 is 1.46 bits per heavy atom. The van der Waals surface area contributed by atoms with Gasteiger partial charge in [-0.15, -0.1) is 0 Å². The third-order valence-corrected chi connectivity index (χ3v) is 13.3. The highest BCUT2D eigenvalue weighted by molar-refractivity contribution is 6.76. The molecule has 2 saturated carbocycles. The number of halogens is 2. The number of rotatable bonds is 14. The number of benzene rings is 1. The van der Waals surface area contributed by atoms with Gasteiger partial charge in [0.15, 0.2) is 5.65 Å². The first-order valence-electron chi connectivity index (χ1n) is 17.5. The van der Waals surface area contributed by atoms with E-state index in [2.05, 4.69) is 55.2 Å². The van der Waals surface area contributed by atoms with E-state index < -0.39 is 27.8 Å². The Balaban J connectivity index is 1.37. The van der Waals surface area contributed by atoms with Crippen molar-refractivity contribution < 1.29 is 18.3 Å². The highest BCUT2D eigenvalue weighted by Gasteiger charge is 2.36. The first kappa shape index (κ1) is 34.9. The Morgan fingerprint density at radius 3 is 2.02 bits per heavy atom. The number of nitrogens with zero attached hydrogens (tertiary/aromatic N) is 5. The maximum absolute atomic E-state index is 14.5. The van der Waals surface area contributed by atoms with Gasteiger partial charge in [0.2, 0.25) is 0 Å². The predicted octanol–water partition coefficient (Wildman–Crippen LogP) is 9.46. The van der Waals surface area contributed by atoms with E-state index in [1.54, 1.807) is 12.3 Å². The SMILES string of the molecule is C[Si](C)(C)CCOCN(COCC[Si](C)(C)C)c1cc(C2C[C@H]3CC[C@@H](C2)C3)nc2c(-c3ccc(-c4c(F)cccc4F)nc3)cnn12. The normalized spacial score (nSPS) is 19.7. The molecule has 0 N–H and O–H groups in total. The summed E-state index contributed by atoms with van der Waals surface area (Å²) in [6.07, 6.45) is 9.76. The van der Waals surface area contributed by atoms with Crippen LogP contribution in [0.3, 0.4) is 0 Å². The number of pyridine rings is 1. The average Bonchev–Trinajstić information content (AvgIpc) is 3.61. The molecule has 3 heterocycles. The molecule has 0 radical (unpaired) electrons. The zero-order chi connectivity index (χ0) is 34.1. The van der Waals surface area contributed by atoms with Gasteiger partial charge in [-0.3, -0.25) is 4.98 Å². The van der Waals surface area contributed by atoms with E-state index in [1.165, 1.54) is 37.5 Å². The molecule has 0 amide bonds. The molecule has 11 heteroatoms. The Kier molecular flexibility index (Phi) is 10.5. The van der Waals surface area contributed by atoms with E-state index in [1.807, 2.05) is 16.8 Å². The second kappa shape index (κ2) is 14.5. The van der Waals surface area contributed by atoms with Crippen molar-refractivity contribution in [1.29, 1.82) is 0 Å². The van der Waals surface area contributed by atoms with Crippen LogP contribution in [0.2, 0.25) is 51.4 Å². The van der Waals surface area contributed by atoms with Crippen molar-refractivity contribution in [2.75, 3.05) is 31.6 Å². The van der Waals surface area contributed by atoms with E-state index in [9.17, 15) is 8.78 Å². The van der Waals surface area contributed by atoms with Gasteiger partial charge in [0.05, 0.1) is 17.5 Å². The average molecular weight is 692 g/mol. The van der Waals surface area contributed by atoms with E-state index >= 15 is 0 Å². The molecule has 2 bridgehead atoms. The van der Waals surface area contributed by atoms with Crippen LogP contribution in [0.1, 0.15) is 43.7 Å². The van der Waals surface area contributed by atoms with Gasteiger partial charge >= 0.3 is 0 Å². The van der Waals surface area contributed by atoms with Crippen LogP contribution < -0.4 is 4.90 Å². The number of ether oxygens (including phenoxy) is 2. The van der Waals surface area contributed by atoms with E-state index in [4.69, 9.17) is 19.6 Å². The largest absolute Gasteiger partial charge is 0.361 e. The second-order valence-electron chi connectivity index (χ2n) is 16.3. The van der Waals surface area contributed by atoms with Crippen molar-refractivity contribution in [2.24, 2.45) is 11.8 Å². The Hall–Kier alpha value is -3.00. The van der Waals surface area contributed by atoms with E-state index in [0.29, 0.717) is 32.6 Å². The standard InChI is InChI=1S/C37H51F2N5O2Si2/c1-47(2,3)16-14-45-24-43(25-46-15-17-48(4,5)6)35-21-34(29-19-26-10-11-27(18-26)20-29)42-37-30(23-41-44(35)37)28-12-13-33(40-22-28)36-31(38)8-7-9-32(36)39/h7-9,12-13,21-23,26-27,29H,10-11,14-20,24-25H2,1-6H3/t26-,27+,29?. The van der Waals surface area contributed by atoms with Gasteiger partial charge in [-0.25, -0.2) is 13.8 Å². The maximum atomic E-state index is 14.5. The number of fused-ring (bicyclic) bond motifs is 3. The highest BCUT2D eigenvalue weighted by Crippen LogP contribution is 2.48. The summed E-state index contributed by atoms with van der Waals surface area (Å²) < 4.78 is 43.6. The Morgan fingerprint density at radius 1 is 0.833 bits per heavy atom. The zero-order valence-corrected chi connectivity index (χ0v) is 31.4. The fourth-order valence-electron chi connectivity index (χ4n) is 7.07. The van der Waals surface area contributed by atoms with Crippen molar-refractivity contribution in [1.82, 2.24) is 19.6 Å². The number of aromatic nitrogens is 4. The second-order valence-corrected chi connectivity index (χ2v) is 27.6. The van der Waals surface area contributed by atoms with Gasteiger partial charge in [0.1, 0.15) is 30.9 Å². The van der Waals surface area contributed by atoms with Crippen molar-refractivity contribution in [3.8, 4) is 22.4 Å². The first-order valence-corrected chi connectivity index (χ1v) is 25.0. The molecule has 6 rings (SSSR count). The molecule has 1 unspecified atom stereocenters. The van der Waals surface area contributed by atoms with Gasteiger partial charge in [-0.2, -0.15) is 9.61 Å². The van der Waals surface area contributed by atoms with Crippen LogP contribution in [-0.4, -0.2) is 62.4 Å². The molecule has 2 aliphatic rings. The van der Waals surface area contributed by atoms with Gasteiger partial charge < -0.3 is 14.4 Å². The van der Waals surface area contributed by atoms with Gasteiger partial charge in [0.25, 0.3) is 0 Å². The van der Waals surface area contributed by atoms with Crippen LogP contribution >= 0.6 is 0 Å². The fourth-order valence-corrected chi connectivity index (χ4v) is 8.59. The first-order chi connectivity index (χ1) is 22.8. The summed E-state index contributed by atoms with van der Waals surface area (Å²) in [5.41, 5.74) is 3.55. The van der Waals surface area contributed by atoms with Crippen molar-refractivity contribution in [3.05, 3.63) is 66.1 Å². The zero-order valence-electron chi connectivity index (χ0n) is 29.4. The lowest BCUT2D eigenvalue weighted by atomic mass is 9.79. The smallest absolute Gasteiger partial charge is 0.165 e. The van der Waals surface area contributed by atoms with Gasteiger partial charge in [0, 0.05) is 64.4 Å². The van der Waals surface area contributed by atoms with E-state index in [0.717, 1.165) is 65.1 Å². The molecule has 48 heavy (non-hydrogen) atoms. The predicted molar refractivity (Wildman–Crippen MR) is 195 cm³/mol. The van der Waals surface area contributed by atoms with Crippen LogP contribution in [0.25, 0.3) is 28.0 Å². The summed E-state index contributed by atoms with van der Waals surface area (Å²) >= 11 is 0. The van der Waals surface area contributed by atoms with Crippen molar-refractivity contribution >= 4 is 27.6 Å². The topological polar surface area (TPSA) is 64.8 Å². The molecule has 1 aromatic carbocycles. The summed E-state index contributed by atoms with van der Waals surface area (Å²) in [5.74, 6) is 1.54. The van der Waals surface area contributed by atoms with Gasteiger partial charge in [-0.1, -0.05) is 64.3 Å². The van der Waals surface area contributed by atoms with Crippen molar-refractivity contribution in [2.45, 2.75) is 89.4 Å². The maximum Gasteiger partial charge on any atom is 0.165 e. The Labute approximate surface area is 286 Å². The number of hydrogen-bond donors (Lipinski definition) is 0. The minimum Gasteiger partial charge on any atom is -0.361 e. The summed E-state index contributed by atoms with van der Waals surface area (Å²) in [6.45, 7) is 16.4. The number of hydrogen-bond acceptors (Lipinski definition) is 6. The van der Waals surface area contributed by atoms with Crippen LogP contribution in [0.15, 0.2) is 48.8 Å². The molecule has 0 spiro atoms. The molecule has 3 atom stereocenters. The molecule has 0 saturated heterocycles. The minimum absolute atomic E-state index is 0.127. The van der Waals surface area contributed by atoms with Crippen molar-refractivity contribution in [3.63, 3.8) is 0 Å². The van der Waals surface area contributed by atoms with E-state index in [-0.39, 0.29) is 11.3 Å². The third kappa shape index (κ3) is 8.41. The quantitative estimate of drug-likeness (QED) is 0.0746. The lowest BCUT2D eigenvalue weighted by Gasteiger charge is -2.30. The molecule has 2 fully saturated rings. The fraction of sp³-hybridized carbons (Fsp3) is 0.541. The summed E-state index contributed by atoms with van der Waals surface area (Å²) in [7, 11) is -2.51. The molecule has 0 aliphatic heterocycles. The molecular formula is C37H51F2N5O2Si2. The molecule has 2 aliphatic carbocycles. The lowest BCUT2D eigenvalue weighted by molar-refractivity contribution is 0.0942. The molecule has 258 valence electrons. The molecule has 4 aromatic rings. The summed E-state index contributed by atoms with van der Waals surface area (Å²) in [5, 5.41) is 4.86. The Bertz CT molecular complexity index is 1650. The summed E-state index contributed by atoms with van der Waals surface area (Å²) in [4.78, 5) is 11.9. The molecular weight excluding hydrogens is 641 g/mol. The van der Waals surface area contributed by atoms with Crippen LogP contribution in [0, 0.1) is 23.5 Å². The minimum atomic E-state index is -1.25.